The molecule has 0 unspecified atom stereocenters. The second-order valence-electron chi connectivity index (χ2n) is 7.03. The number of nitrogens with zero attached hydrogens (tertiary/aromatic N) is 2. The summed E-state index contributed by atoms with van der Waals surface area (Å²) in [6.45, 7) is -0.516. The minimum atomic E-state index is -1.02. The Morgan fingerprint density at radius 3 is 2.28 bits per heavy atom. The molecule has 5 amide bonds. The van der Waals surface area contributed by atoms with E-state index in [1.165, 1.54) is 34.8 Å². The van der Waals surface area contributed by atoms with Crippen LogP contribution < -0.4 is 5.32 Å². The van der Waals surface area contributed by atoms with Gasteiger partial charge in [0.2, 0.25) is 5.91 Å². The molecule has 0 aliphatic carbocycles. The van der Waals surface area contributed by atoms with Gasteiger partial charge in [0, 0.05) is 22.7 Å². The quantitative estimate of drug-likeness (QED) is 0.404. The lowest BCUT2D eigenvalue weighted by atomic mass is 10.1. The third-order valence-electron chi connectivity index (χ3n) is 4.94. The van der Waals surface area contributed by atoms with Crippen molar-refractivity contribution in [1.29, 1.82) is 0 Å². The van der Waals surface area contributed by atoms with Gasteiger partial charge in [-0.05, 0) is 40.6 Å². The maximum atomic E-state index is 13.3. The van der Waals surface area contributed by atoms with Gasteiger partial charge in [-0.2, -0.15) is 0 Å². The fourth-order valence-corrected chi connectivity index (χ4v) is 4.84. The highest BCUT2D eigenvalue weighted by atomic mass is 32.1. The summed E-state index contributed by atoms with van der Waals surface area (Å²) in [6, 6.07) is 11.7. The van der Waals surface area contributed by atoms with E-state index < -0.39 is 42.2 Å². The maximum absolute atomic E-state index is 13.3. The minimum absolute atomic E-state index is 0.0649. The first kappa shape index (κ1) is 21.8. The Bertz CT molecular complexity index is 1130. The van der Waals surface area contributed by atoms with E-state index in [0.29, 0.717) is 16.9 Å². The molecule has 1 saturated heterocycles. The van der Waals surface area contributed by atoms with Gasteiger partial charge in [0.05, 0.1) is 6.04 Å². The molecule has 1 N–H and O–H groups in total. The number of amides is 5. The molecule has 32 heavy (non-hydrogen) atoms. The molecule has 4 rings (SSSR count). The fourth-order valence-electron chi connectivity index (χ4n) is 3.34. The van der Waals surface area contributed by atoms with Crippen LogP contribution in [0.25, 0.3) is 0 Å². The Morgan fingerprint density at radius 2 is 1.62 bits per heavy atom. The van der Waals surface area contributed by atoms with Crippen molar-refractivity contribution in [3.63, 3.8) is 0 Å². The van der Waals surface area contributed by atoms with E-state index >= 15 is 0 Å². The Kier molecular flexibility index (Phi) is 6.42. The molecular formula is C22H18FN3O4S2. The number of rotatable bonds is 8. The minimum Gasteiger partial charge on any atom is -0.343 e. The molecular weight excluding hydrogens is 453 g/mol. The van der Waals surface area contributed by atoms with Crippen LogP contribution in [0.4, 0.5) is 9.18 Å². The molecule has 0 radical (unpaired) electrons. The zero-order chi connectivity index (χ0) is 22.7. The van der Waals surface area contributed by atoms with Gasteiger partial charge in [0.1, 0.15) is 12.4 Å². The highest BCUT2D eigenvalue weighted by Gasteiger charge is 2.45. The molecule has 0 saturated carbocycles. The molecule has 0 bridgehead atoms. The van der Waals surface area contributed by atoms with Gasteiger partial charge in [-0.15, -0.1) is 22.7 Å². The monoisotopic (exact) mass is 471 g/mol. The number of carbonyl (C=O) groups excluding carboxylic acids is 4. The number of nitrogens with one attached hydrogen (secondary N) is 1. The number of hydrogen-bond donors (Lipinski definition) is 1. The summed E-state index contributed by atoms with van der Waals surface area (Å²) in [5.41, 5.74) is 0.648. The summed E-state index contributed by atoms with van der Waals surface area (Å²) in [4.78, 5) is 53.3. The van der Waals surface area contributed by atoms with E-state index in [4.69, 9.17) is 0 Å². The maximum Gasteiger partial charge on any atom is 0.334 e. The number of urea groups is 1. The smallest absolute Gasteiger partial charge is 0.334 e. The number of carbonyl (C=O) groups is 4. The first-order valence-corrected chi connectivity index (χ1v) is 11.5. The summed E-state index contributed by atoms with van der Waals surface area (Å²) in [7, 11) is 0. The molecule has 1 aromatic carbocycles. The number of thiophene rings is 2. The molecule has 164 valence electrons. The summed E-state index contributed by atoms with van der Waals surface area (Å²) in [5, 5.41) is 6.51. The fraction of sp³-hybridized carbons (Fsp3) is 0.182. The van der Waals surface area contributed by atoms with Gasteiger partial charge in [-0.3, -0.25) is 19.3 Å². The van der Waals surface area contributed by atoms with Gasteiger partial charge in [-0.1, -0.05) is 24.3 Å². The molecule has 1 fully saturated rings. The second kappa shape index (κ2) is 9.41. The lowest BCUT2D eigenvalue weighted by molar-refractivity contribution is -0.144. The largest absolute Gasteiger partial charge is 0.343 e. The Balaban J connectivity index is 1.44. The van der Waals surface area contributed by atoms with Crippen LogP contribution in [0.5, 0.6) is 0 Å². The van der Waals surface area contributed by atoms with Crippen molar-refractivity contribution < 1.29 is 23.6 Å². The predicted molar refractivity (Wildman–Crippen MR) is 118 cm³/mol. The van der Waals surface area contributed by atoms with E-state index in [2.05, 4.69) is 5.32 Å². The lowest BCUT2D eigenvalue weighted by Gasteiger charge is -2.20. The van der Waals surface area contributed by atoms with E-state index in [1.807, 2.05) is 35.0 Å². The van der Waals surface area contributed by atoms with Crippen LogP contribution in [-0.4, -0.2) is 46.6 Å². The first-order chi connectivity index (χ1) is 15.4. The predicted octanol–water partition coefficient (Wildman–Crippen LogP) is 3.19. The third-order valence-corrected chi connectivity index (χ3v) is 6.81. The zero-order valence-electron chi connectivity index (χ0n) is 16.7. The Labute approximate surface area is 191 Å². The van der Waals surface area contributed by atoms with Crippen LogP contribution in [-0.2, 0) is 20.8 Å². The molecule has 3 aromatic rings. The Morgan fingerprint density at radius 1 is 0.938 bits per heavy atom. The van der Waals surface area contributed by atoms with Crippen molar-refractivity contribution in [2.24, 2.45) is 0 Å². The molecule has 1 aliphatic heterocycles. The molecule has 7 nitrogen and oxygen atoms in total. The SMILES string of the molecule is O=C(CN1C(=O)C(=O)N(CCc2cccs2)C1=O)N[C@@H](c1ccc(F)cc1)c1cccs1. The average molecular weight is 472 g/mol. The topological polar surface area (TPSA) is 86.8 Å². The van der Waals surface area contributed by atoms with Gasteiger partial charge >= 0.3 is 17.8 Å². The number of imide groups is 2. The van der Waals surface area contributed by atoms with Crippen LogP contribution in [0.15, 0.2) is 59.3 Å². The summed E-state index contributed by atoms with van der Waals surface area (Å²) >= 11 is 2.90. The van der Waals surface area contributed by atoms with Crippen LogP contribution >= 0.6 is 22.7 Å². The second-order valence-corrected chi connectivity index (χ2v) is 9.04. The first-order valence-electron chi connectivity index (χ1n) is 9.72. The lowest BCUT2D eigenvalue weighted by Crippen LogP contribution is -2.42. The Hall–Kier alpha value is -3.37. The van der Waals surface area contributed by atoms with Crippen LogP contribution in [0, 0.1) is 5.82 Å². The summed E-state index contributed by atoms with van der Waals surface area (Å²) < 4.78 is 13.3. The third kappa shape index (κ3) is 4.61. The zero-order valence-corrected chi connectivity index (χ0v) is 18.3. The van der Waals surface area contributed by atoms with Crippen molar-refractivity contribution in [2.75, 3.05) is 13.1 Å². The van der Waals surface area contributed by atoms with Crippen molar-refractivity contribution in [3.05, 3.63) is 80.4 Å². The molecule has 10 heteroatoms. The van der Waals surface area contributed by atoms with Crippen molar-refractivity contribution in [2.45, 2.75) is 12.5 Å². The number of benzene rings is 1. The number of halogens is 1. The van der Waals surface area contributed by atoms with Crippen LogP contribution in [0.1, 0.15) is 21.4 Å². The van der Waals surface area contributed by atoms with Gasteiger partial charge in [0.25, 0.3) is 0 Å². The van der Waals surface area contributed by atoms with E-state index in [1.54, 1.807) is 12.1 Å². The van der Waals surface area contributed by atoms with Crippen LogP contribution in [0.3, 0.4) is 0 Å². The van der Waals surface area contributed by atoms with Crippen molar-refractivity contribution in [3.8, 4) is 0 Å². The molecule has 1 aliphatic rings. The molecule has 2 aromatic heterocycles. The molecule has 0 spiro atoms. The van der Waals surface area contributed by atoms with E-state index in [0.717, 1.165) is 14.7 Å². The van der Waals surface area contributed by atoms with Crippen molar-refractivity contribution >= 4 is 46.4 Å². The number of hydrogen-bond acceptors (Lipinski definition) is 6. The highest BCUT2D eigenvalue weighted by molar-refractivity contribution is 7.10. The normalized spacial score (nSPS) is 14.8. The standard InChI is InChI=1S/C22H18FN3O4S2/c23-15-7-5-14(6-8-15)19(17-4-2-12-32-17)24-18(27)13-26-21(29)20(28)25(22(26)30)10-9-16-3-1-11-31-16/h1-8,11-12,19H,9-10,13H2,(H,24,27)/t19-/m0/s1. The van der Waals surface area contributed by atoms with Crippen molar-refractivity contribution in [1.82, 2.24) is 15.1 Å². The molecule has 1 atom stereocenters. The van der Waals surface area contributed by atoms with E-state index in [-0.39, 0.29) is 6.54 Å². The van der Waals surface area contributed by atoms with Gasteiger partial charge in [-0.25, -0.2) is 14.1 Å². The van der Waals surface area contributed by atoms with E-state index in [9.17, 15) is 23.6 Å². The average Bonchev–Trinajstić information content (AvgIpc) is 3.53. The summed E-state index contributed by atoms with van der Waals surface area (Å²) in [6.07, 6.45) is 0.438. The van der Waals surface area contributed by atoms with Crippen LogP contribution in [0.2, 0.25) is 0 Å². The van der Waals surface area contributed by atoms with Gasteiger partial charge in [0.15, 0.2) is 0 Å². The molecule has 3 heterocycles. The highest BCUT2D eigenvalue weighted by Crippen LogP contribution is 2.26. The summed E-state index contributed by atoms with van der Waals surface area (Å²) in [5.74, 6) is -2.97. The van der Waals surface area contributed by atoms with Gasteiger partial charge < -0.3 is 5.32 Å².